The number of fused-ring (bicyclic) bond motifs is 1. The second-order valence-corrected chi connectivity index (χ2v) is 5.39. The Balaban J connectivity index is 2.75. The molecule has 0 fully saturated rings. The molecule has 5 nitrogen and oxygen atoms in total. The van der Waals surface area contributed by atoms with Gasteiger partial charge in [-0.15, -0.1) is 11.3 Å². The fraction of sp³-hybridized carbons (Fsp3) is 0.417. The molecular formula is C12H14N2O3S. The molecule has 0 radical (unpaired) electrons. The quantitative estimate of drug-likeness (QED) is 0.923. The van der Waals surface area contributed by atoms with Gasteiger partial charge < -0.3 is 5.11 Å². The minimum Gasteiger partial charge on any atom is -0.480 e. The molecule has 0 aliphatic heterocycles. The minimum atomic E-state index is -1.01. The topological polar surface area (TPSA) is 72.2 Å². The SMILES string of the molecule is CC[C@@H](C(=O)O)n1cnc2sc(C)c(C)c2c1=O. The van der Waals surface area contributed by atoms with Crippen LogP contribution in [0.25, 0.3) is 10.2 Å². The van der Waals surface area contributed by atoms with Crippen LogP contribution >= 0.6 is 11.3 Å². The molecule has 0 aromatic carbocycles. The Kier molecular flexibility index (Phi) is 3.21. The maximum atomic E-state index is 12.3. The predicted octanol–water partition coefficient (Wildman–Crippen LogP) is 2.11. The summed E-state index contributed by atoms with van der Waals surface area (Å²) < 4.78 is 1.21. The first-order chi connectivity index (χ1) is 8.47. The Hall–Kier alpha value is -1.69. The maximum absolute atomic E-state index is 12.3. The van der Waals surface area contributed by atoms with Crippen molar-refractivity contribution in [2.75, 3.05) is 0 Å². The number of aliphatic carboxylic acids is 1. The van der Waals surface area contributed by atoms with Crippen LogP contribution in [0.2, 0.25) is 0 Å². The lowest BCUT2D eigenvalue weighted by molar-refractivity contribution is -0.141. The molecule has 6 heteroatoms. The molecule has 96 valence electrons. The van der Waals surface area contributed by atoms with Crippen LogP contribution < -0.4 is 5.56 Å². The van der Waals surface area contributed by atoms with E-state index in [0.717, 1.165) is 10.4 Å². The summed E-state index contributed by atoms with van der Waals surface area (Å²) in [5.74, 6) is -1.01. The van der Waals surface area contributed by atoms with Crippen molar-refractivity contribution in [1.29, 1.82) is 0 Å². The van der Waals surface area contributed by atoms with E-state index >= 15 is 0 Å². The number of carboxylic acids is 1. The lowest BCUT2D eigenvalue weighted by Crippen LogP contribution is -2.29. The van der Waals surface area contributed by atoms with E-state index in [-0.39, 0.29) is 5.56 Å². The van der Waals surface area contributed by atoms with Gasteiger partial charge in [0.1, 0.15) is 10.9 Å². The lowest BCUT2D eigenvalue weighted by atomic mass is 10.2. The number of thiophene rings is 1. The molecule has 0 bridgehead atoms. The zero-order valence-electron chi connectivity index (χ0n) is 10.4. The summed E-state index contributed by atoms with van der Waals surface area (Å²) in [5.41, 5.74) is 0.623. The third kappa shape index (κ3) is 1.82. The molecule has 1 N–H and O–H groups in total. The van der Waals surface area contributed by atoms with Gasteiger partial charge in [-0.25, -0.2) is 9.78 Å². The molecule has 0 saturated heterocycles. The summed E-state index contributed by atoms with van der Waals surface area (Å²) in [6.45, 7) is 5.53. The first-order valence-corrected chi connectivity index (χ1v) is 6.48. The summed E-state index contributed by atoms with van der Waals surface area (Å²) in [5, 5.41) is 9.65. The van der Waals surface area contributed by atoms with Crippen LogP contribution in [0.15, 0.2) is 11.1 Å². The van der Waals surface area contributed by atoms with Gasteiger partial charge in [-0.3, -0.25) is 9.36 Å². The van der Waals surface area contributed by atoms with Gasteiger partial charge in [-0.2, -0.15) is 0 Å². The number of hydrogen-bond donors (Lipinski definition) is 1. The number of carbonyl (C=O) groups is 1. The van der Waals surface area contributed by atoms with Gasteiger partial charge in [0.25, 0.3) is 5.56 Å². The number of hydrogen-bond acceptors (Lipinski definition) is 4. The Labute approximate surface area is 108 Å². The first kappa shape index (κ1) is 12.8. The molecule has 1 atom stereocenters. The average molecular weight is 266 g/mol. The summed E-state index contributed by atoms with van der Waals surface area (Å²) in [4.78, 5) is 29.4. The third-order valence-electron chi connectivity index (χ3n) is 3.12. The monoisotopic (exact) mass is 266 g/mol. The van der Waals surface area contributed by atoms with Crippen molar-refractivity contribution in [3.63, 3.8) is 0 Å². The smallest absolute Gasteiger partial charge is 0.326 e. The van der Waals surface area contributed by atoms with Crippen LogP contribution in [0, 0.1) is 13.8 Å². The normalized spacial score (nSPS) is 12.8. The molecule has 2 aromatic heterocycles. The second kappa shape index (κ2) is 4.53. The van der Waals surface area contributed by atoms with Crippen molar-refractivity contribution in [3.05, 3.63) is 27.1 Å². The van der Waals surface area contributed by atoms with E-state index < -0.39 is 12.0 Å². The summed E-state index contributed by atoms with van der Waals surface area (Å²) in [7, 11) is 0. The van der Waals surface area contributed by atoms with Gasteiger partial charge in [0.15, 0.2) is 0 Å². The van der Waals surface area contributed by atoms with Crippen molar-refractivity contribution in [2.45, 2.75) is 33.2 Å². The van der Waals surface area contributed by atoms with Crippen LogP contribution in [0.4, 0.5) is 0 Å². The molecule has 2 aromatic rings. The van der Waals surface area contributed by atoms with E-state index in [4.69, 9.17) is 5.11 Å². The Morgan fingerprint density at radius 1 is 1.56 bits per heavy atom. The number of rotatable bonds is 3. The zero-order chi connectivity index (χ0) is 13.4. The summed E-state index contributed by atoms with van der Waals surface area (Å²) in [6.07, 6.45) is 1.69. The largest absolute Gasteiger partial charge is 0.480 e. The molecule has 0 unspecified atom stereocenters. The predicted molar refractivity (Wildman–Crippen MR) is 70.3 cm³/mol. The van der Waals surface area contributed by atoms with E-state index in [2.05, 4.69) is 4.98 Å². The van der Waals surface area contributed by atoms with Crippen molar-refractivity contribution in [2.24, 2.45) is 0 Å². The van der Waals surface area contributed by atoms with Gasteiger partial charge in [-0.1, -0.05) is 6.92 Å². The molecule has 2 rings (SSSR count). The van der Waals surface area contributed by atoms with E-state index in [1.54, 1.807) is 6.92 Å². The fourth-order valence-corrected chi connectivity index (χ4v) is 2.95. The highest BCUT2D eigenvalue weighted by molar-refractivity contribution is 7.18. The average Bonchev–Trinajstić information content (AvgIpc) is 2.59. The van der Waals surface area contributed by atoms with Gasteiger partial charge in [0.05, 0.1) is 11.7 Å². The van der Waals surface area contributed by atoms with Crippen LogP contribution in [-0.4, -0.2) is 20.6 Å². The van der Waals surface area contributed by atoms with Crippen LogP contribution in [0.3, 0.4) is 0 Å². The lowest BCUT2D eigenvalue weighted by Gasteiger charge is -2.12. The maximum Gasteiger partial charge on any atom is 0.326 e. The van der Waals surface area contributed by atoms with Gasteiger partial charge in [-0.05, 0) is 25.8 Å². The minimum absolute atomic E-state index is 0.267. The number of carboxylic acid groups (broad SMARTS) is 1. The molecule has 0 aliphatic rings. The summed E-state index contributed by atoms with van der Waals surface area (Å²) >= 11 is 1.46. The van der Waals surface area contributed by atoms with E-state index in [0.29, 0.717) is 16.6 Å². The molecular weight excluding hydrogens is 252 g/mol. The zero-order valence-corrected chi connectivity index (χ0v) is 11.2. The Bertz CT molecular complexity index is 672. The Morgan fingerprint density at radius 2 is 2.22 bits per heavy atom. The standard InChI is InChI=1S/C12H14N2O3S/c1-4-8(12(16)17)14-5-13-10-9(11(14)15)6(2)7(3)18-10/h5,8H,4H2,1-3H3,(H,16,17)/t8-/m0/s1. The molecule has 18 heavy (non-hydrogen) atoms. The van der Waals surface area contributed by atoms with Gasteiger partial charge in [0.2, 0.25) is 0 Å². The molecule has 0 aliphatic carbocycles. The molecule has 2 heterocycles. The molecule has 0 amide bonds. The third-order valence-corrected chi connectivity index (χ3v) is 4.24. The Morgan fingerprint density at radius 3 is 2.78 bits per heavy atom. The second-order valence-electron chi connectivity index (χ2n) is 4.18. The fourth-order valence-electron chi connectivity index (χ4n) is 1.96. The van der Waals surface area contributed by atoms with E-state index in [1.807, 2.05) is 13.8 Å². The highest BCUT2D eigenvalue weighted by Gasteiger charge is 2.21. The van der Waals surface area contributed by atoms with Crippen LogP contribution in [0.5, 0.6) is 0 Å². The van der Waals surface area contributed by atoms with E-state index in [1.165, 1.54) is 22.2 Å². The number of aryl methyl sites for hydroxylation is 2. The highest BCUT2D eigenvalue weighted by Crippen LogP contribution is 2.26. The number of nitrogens with zero attached hydrogens (tertiary/aromatic N) is 2. The van der Waals surface area contributed by atoms with Crippen molar-refractivity contribution >= 4 is 27.5 Å². The van der Waals surface area contributed by atoms with E-state index in [9.17, 15) is 9.59 Å². The molecule has 0 spiro atoms. The van der Waals surface area contributed by atoms with Crippen LogP contribution in [-0.2, 0) is 4.79 Å². The van der Waals surface area contributed by atoms with Crippen LogP contribution in [0.1, 0.15) is 29.8 Å². The highest BCUT2D eigenvalue weighted by atomic mass is 32.1. The van der Waals surface area contributed by atoms with Crippen molar-refractivity contribution in [3.8, 4) is 0 Å². The van der Waals surface area contributed by atoms with Gasteiger partial charge in [0, 0.05) is 4.88 Å². The van der Waals surface area contributed by atoms with Crippen molar-refractivity contribution < 1.29 is 9.90 Å². The summed E-state index contributed by atoms with van der Waals surface area (Å²) in [6, 6.07) is -0.853. The van der Waals surface area contributed by atoms with Crippen molar-refractivity contribution in [1.82, 2.24) is 9.55 Å². The number of aromatic nitrogens is 2. The first-order valence-electron chi connectivity index (χ1n) is 5.67. The van der Waals surface area contributed by atoms with Gasteiger partial charge >= 0.3 is 5.97 Å². The molecule has 0 saturated carbocycles.